The number of sulfonamides is 1. The second-order valence-corrected chi connectivity index (χ2v) is 9.84. The number of thiazole rings is 1. The van der Waals surface area contributed by atoms with Gasteiger partial charge < -0.3 is 9.30 Å². The standard InChI is InChI=1S/C20H24N2O4S2/c1-13(2)11-17(14-5-7-15(26-4)8-6-14)21-28(24,25)16-9-10-18-19(12-16)27-20(23)22(18)3/h5-10,12-13,17,21H,11H2,1-4H3/t17-/m0/s1. The predicted octanol–water partition coefficient (Wildman–Crippen LogP) is 3.67. The smallest absolute Gasteiger partial charge is 0.307 e. The molecule has 1 N–H and O–H groups in total. The molecule has 0 fully saturated rings. The molecule has 0 spiro atoms. The zero-order valence-corrected chi connectivity index (χ0v) is 17.9. The van der Waals surface area contributed by atoms with Crippen molar-refractivity contribution in [1.82, 2.24) is 9.29 Å². The van der Waals surface area contributed by atoms with Crippen molar-refractivity contribution >= 4 is 31.6 Å². The number of fused-ring (bicyclic) bond motifs is 1. The van der Waals surface area contributed by atoms with Crippen LogP contribution in [0.3, 0.4) is 0 Å². The van der Waals surface area contributed by atoms with Crippen LogP contribution in [0.15, 0.2) is 52.2 Å². The first-order valence-corrected chi connectivity index (χ1v) is 11.3. The van der Waals surface area contributed by atoms with Crippen molar-refractivity contribution in [1.29, 1.82) is 0 Å². The molecule has 0 unspecified atom stereocenters. The molecule has 150 valence electrons. The van der Waals surface area contributed by atoms with Gasteiger partial charge in [-0.25, -0.2) is 13.1 Å². The average Bonchev–Trinajstić information content (AvgIpc) is 2.94. The molecule has 3 rings (SSSR count). The number of nitrogens with one attached hydrogen (secondary N) is 1. The monoisotopic (exact) mass is 420 g/mol. The molecular formula is C20H24N2O4S2. The summed E-state index contributed by atoms with van der Waals surface area (Å²) in [6.45, 7) is 4.11. The van der Waals surface area contributed by atoms with Crippen molar-refractivity contribution in [2.45, 2.75) is 31.2 Å². The molecule has 3 aromatic rings. The molecule has 1 heterocycles. The molecule has 0 amide bonds. The van der Waals surface area contributed by atoms with Crippen LogP contribution in [0.4, 0.5) is 0 Å². The summed E-state index contributed by atoms with van der Waals surface area (Å²) < 4.78 is 36.3. The maximum absolute atomic E-state index is 13.0. The Bertz CT molecular complexity index is 1130. The molecule has 0 radical (unpaired) electrons. The summed E-state index contributed by atoms with van der Waals surface area (Å²) in [4.78, 5) is 11.9. The number of nitrogens with zero attached hydrogens (tertiary/aromatic N) is 1. The van der Waals surface area contributed by atoms with E-state index in [1.807, 2.05) is 24.3 Å². The van der Waals surface area contributed by atoms with Crippen molar-refractivity contribution in [3.05, 3.63) is 57.7 Å². The Balaban J connectivity index is 1.95. The van der Waals surface area contributed by atoms with E-state index in [2.05, 4.69) is 18.6 Å². The minimum Gasteiger partial charge on any atom is -0.497 e. The number of aryl methyl sites for hydroxylation is 1. The van der Waals surface area contributed by atoms with E-state index in [9.17, 15) is 13.2 Å². The molecule has 28 heavy (non-hydrogen) atoms. The van der Waals surface area contributed by atoms with E-state index >= 15 is 0 Å². The summed E-state index contributed by atoms with van der Waals surface area (Å²) in [5.74, 6) is 1.02. The number of benzene rings is 2. The second kappa shape index (κ2) is 8.06. The normalized spacial score (nSPS) is 13.2. The van der Waals surface area contributed by atoms with Crippen molar-refractivity contribution in [3.63, 3.8) is 0 Å². The maximum atomic E-state index is 13.0. The highest BCUT2D eigenvalue weighted by atomic mass is 32.2. The third-order valence-electron chi connectivity index (χ3n) is 4.60. The zero-order valence-electron chi connectivity index (χ0n) is 16.3. The number of rotatable bonds is 7. The van der Waals surface area contributed by atoms with Crippen LogP contribution in [0.5, 0.6) is 5.75 Å². The quantitative estimate of drug-likeness (QED) is 0.633. The predicted molar refractivity (Wildman–Crippen MR) is 113 cm³/mol. The Morgan fingerprint density at radius 1 is 1.14 bits per heavy atom. The van der Waals surface area contributed by atoms with Gasteiger partial charge in [0.1, 0.15) is 5.75 Å². The fourth-order valence-corrected chi connectivity index (χ4v) is 5.35. The summed E-state index contributed by atoms with van der Waals surface area (Å²) in [5, 5.41) is 0. The van der Waals surface area contributed by atoms with E-state index in [0.29, 0.717) is 17.0 Å². The van der Waals surface area contributed by atoms with Gasteiger partial charge >= 0.3 is 4.87 Å². The van der Waals surface area contributed by atoms with E-state index in [0.717, 1.165) is 28.2 Å². The number of hydrogen-bond donors (Lipinski definition) is 1. The van der Waals surface area contributed by atoms with Crippen molar-refractivity contribution < 1.29 is 13.2 Å². The zero-order chi connectivity index (χ0) is 20.5. The first-order chi connectivity index (χ1) is 13.2. The van der Waals surface area contributed by atoms with Gasteiger partial charge in [-0.05, 0) is 48.2 Å². The summed E-state index contributed by atoms with van der Waals surface area (Å²) in [7, 11) is -0.479. The van der Waals surface area contributed by atoms with E-state index in [-0.39, 0.29) is 15.8 Å². The number of methoxy groups -OCH3 is 1. The lowest BCUT2D eigenvalue weighted by atomic mass is 9.98. The topological polar surface area (TPSA) is 77.4 Å². The lowest BCUT2D eigenvalue weighted by molar-refractivity contribution is 0.414. The van der Waals surface area contributed by atoms with Gasteiger partial charge in [0.15, 0.2) is 0 Å². The van der Waals surface area contributed by atoms with Crippen LogP contribution >= 0.6 is 11.3 Å². The number of aromatic nitrogens is 1. The summed E-state index contributed by atoms with van der Waals surface area (Å²) in [6.07, 6.45) is 0.659. The third kappa shape index (κ3) is 4.29. The molecule has 0 aliphatic heterocycles. The van der Waals surface area contributed by atoms with Crippen LogP contribution in [0, 0.1) is 5.92 Å². The van der Waals surface area contributed by atoms with E-state index in [1.165, 1.54) is 10.6 Å². The summed E-state index contributed by atoms with van der Waals surface area (Å²) in [6, 6.07) is 11.8. The van der Waals surface area contributed by atoms with Crippen LogP contribution in [0.25, 0.3) is 10.2 Å². The van der Waals surface area contributed by atoms with E-state index in [1.54, 1.807) is 26.3 Å². The highest BCUT2D eigenvalue weighted by Crippen LogP contribution is 2.27. The summed E-state index contributed by atoms with van der Waals surface area (Å²) >= 11 is 1.04. The Morgan fingerprint density at radius 3 is 2.43 bits per heavy atom. The van der Waals surface area contributed by atoms with Crippen LogP contribution in [0.1, 0.15) is 31.9 Å². The Morgan fingerprint density at radius 2 is 1.82 bits per heavy atom. The molecule has 6 nitrogen and oxygen atoms in total. The molecule has 0 aliphatic carbocycles. The Labute approximate surface area is 168 Å². The van der Waals surface area contributed by atoms with Gasteiger partial charge in [-0.15, -0.1) is 0 Å². The van der Waals surface area contributed by atoms with Crippen LogP contribution < -0.4 is 14.3 Å². The molecule has 1 atom stereocenters. The fraction of sp³-hybridized carbons (Fsp3) is 0.350. The SMILES string of the molecule is COc1ccc([C@H](CC(C)C)NS(=O)(=O)c2ccc3c(c2)sc(=O)n3C)cc1. The average molecular weight is 421 g/mol. The lowest BCUT2D eigenvalue weighted by Gasteiger charge is -2.21. The molecule has 2 aromatic carbocycles. The maximum Gasteiger partial charge on any atom is 0.307 e. The largest absolute Gasteiger partial charge is 0.497 e. The molecule has 0 saturated carbocycles. The molecule has 1 aromatic heterocycles. The molecule has 8 heteroatoms. The van der Waals surface area contributed by atoms with Crippen molar-refractivity contribution in [3.8, 4) is 5.75 Å². The minimum atomic E-state index is -3.75. The van der Waals surface area contributed by atoms with Gasteiger partial charge in [0.05, 0.1) is 22.2 Å². The van der Waals surface area contributed by atoms with Crippen molar-refractivity contribution in [2.24, 2.45) is 13.0 Å². The number of ether oxygens (including phenoxy) is 1. The molecular weight excluding hydrogens is 396 g/mol. The van der Waals surface area contributed by atoms with Gasteiger partial charge in [0, 0.05) is 13.1 Å². The minimum absolute atomic E-state index is 0.117. The summed E-state index contributed by atoms with van der Waals surface area (Å²) in [5.41, 5.74) is 1.60. The third-order valence-corrected chi connectivity index (χ3v) is 7.06. The van der Waals surface area contributed by atoms with Crippen LogP contribution in [-0.4, -0.2) is 20.1 Å². The first-order valence-electron chi connectivity index (χ1n) is 8.97. The van der Waals surface area contributed by atoms with Gasteiger partial charge in [0.25, 0.3) is 0 Å². The van der Waals surface area contributed by atoms with E-state index in [4.69, 9.17) is 4.74 Å². The van der Waals surface area contributed by atoms with Gasteiger partial charge in [0.2, 0.25) is 10.0 Å². The Hall–Kier alpha value is -2.16. The van der Waals surface area contributed by atoms with Gasteiger partial charge in [-0.1, -0.05) is 37.3 Å². The van der Waals surface area contributed by atoms with Gasteiger partial charge in [-0.2, -0.15) is 0 Å². The molecule has 0 saturated heterocycles. The first kappa shape index (κ1) is 20.6. The fourth-order valence-electron chi connectivity index (χ4n) is 3.10. The van der Waals surface area contributed by atoms with E-state index < -0.39 is 10.0 Å². The van der Waals surface area contributed by atoms with Gasteiger partial charge in [-0.3, -0.25) is 4.79 Å². The molecule has 0 bridgehead atoms. The molecule has 0 aliphatic rings. The Kier molecular flexibility index (Phi) is 5.92. The van der Waals surface area contributed by atoms with Crippen LogP contribution in [-0.2, 0) is 17.1 Å². The van der Waals surface area contributed by atoms with Crippen molar-refractivity contribution in [2.75, 3.05) is 7.11 Å². The highest BCUT2D eigenvalue weighted by molar-refractivity contribution is 7.89. The lowest BCUT2D eigenvalue weighted by Crippen LogP contribution is -2.29. The number of hydrogen-bond acceptors (Lipinski definition) is 5. The second-order valence-electron chi connectivity index (χ2n) is 7.13. The highest BCUT2D eigenvalue weighted by Gasteiger charge is 2.23. The van der Waals surface area contributed by atoms with Crippen LogP contribution in [0.2, 0.25) is 0 Å².